The van der Waals surface area contributed by atoms with Gasteiger partial charge in [-0.3, -0.25) is 9.98 Å². The molecule has 0 aliphatic heterocycles. The number of hydrogen-bond donors (Lipinski definition) is 2. The Morgan fingerprint density at radius 1 is 1.29 bits per heavy atom. The van der Waals surface area contributed by atoms with E-state index in [2.05, 4.69) is 31.0 Å². The van der Waals surface area contributed by atoms with Gasteiger partial charge in [0.05, 0.1) is 16.9 Å². The van der Waals surface area contributed by atoms with E-state index in [1.807, 2.05) is 13.0 Å². The van der Waals surface area contributed by atoms with Gasteiger partial charge in [-0.15, -0.1) is 11.3 Å². The molecule has 0 aliphatic rings. The highest BCUT2D eigenvalue weighted by atomic mass is 32.1. The Morgan fingerprint density at radius 3 is 2.86 bits per heavy atom. The summed E-state index contributed by atoms with van der Waals surface area (Å²) in [6, 6.07) is 8.33. The number of halogens is 1. The van der Waals surface area contributed by atoms with Gasteiger partial charge in [0, 0.05) is 38.1 Å². The predicted octanol–water partition coefficient (Wildman–Crippen LogP) is 3.69. The zero-order valence-corrected chi connectivity index (χ0v) is 16.6. The van der Waals surface area contributed by atoms with Crippen LogP contribution in [0, 0.1) is 12.7 Å². The van der Waals surface area contributed by atoms with E-state index in [1.54, 1.807) is 42.8 Å². The van der Waals surface area contributed by atoms with Gasteiger partial charge in [-0.2, -0.15) is 0 Å². The SMILES string of the molecule is CN=C(NCCc1csc(C)n1)NCc1ccc(Oc2cccnc2)c(F)c1. The van der Waals surface area contributed by atoms with Crippen LogP contribution in [0.25, 0.3) is 0 Å². The molecule has 0 bridgehead atoms. The summed E-state index contributed by atoms with van der Waals surface area (Å²) >= 11 is 1.65. The molecule has 0 fully saturated rings. The van der Waals surface area contributed by atoms with E-state index in [9.17, 15) is 4.39 Å². The summed E-state index contributed by atoms with van der Waals surface area (Å²) < 4.78 is 19.8. The lowest BCUT2D eigenvalue weighted by Crippen LogP contribution is -2.37. The third-order valence-corrected chi connectivity index (χ3v) is 4.70. The molecule has 0 saturated carbocycles. The van der Waals surface area contributed by atoms with E-state index in [4.69, 9.17) is 4.74 Å². The molecule has 1 aromatic carbocycles. The fourth-order valence-corrected chi connectivity index (χ4v) is 3.16. The summed E-state index contributed by atoms with van der Waals surface area (Å²) in [7, 11) is 1.70. The zero-order valence-electron chi connectivity index (χ0n) is 15.8. The van der Waals surface area contributed by atoms with Crippen LogP contribution in [-0.4, -0.2) is 29.5 Å². The van der Waals surface area contributed by atoms with Gasteiger partial charge in [0.1, 0.15) is 5.75 Å². The van der Waals surface area contributed by atoms with Crippen molar-refractivity contribution in [1.82, 2.24) is 20.6 Å². The summed E-state index contributed by atoms with van der Waals surface area (Å²) in [5.41, 5.74) is 1.85. The van der Waals surface area contributed by atoms with Crippen LogP contribution < -0.4 is 15.4 Å². The van der Waals surface area contributed by atoms with E-state index < -0.39 is 5.82 Å². The van der Waals surface area contributed by atoms with Crippen molar-refractivity contribution in [3.63, 3.8) is 0 Å². The highest BCUT2D eigenvalue weighted by molar-refractivity contribution is 7.09. The number of benzene rings is 1. The van der Waals surface area contributed by atoms with Gasteiger partial charge in [-0.25, -0.2) is 9.37 Å². The maximum absolute atomic E-state index is 14.3. The first-order chi connectivity index (χ1) is 13.6. The zero-order chi connectivity index (χ0) is 19.8. The lowest BCUT2D eigenvalue weighted by Gasteiger charge is -2.12. The minimum absolute atomic E-state index is 0.165. The molecule has 3 aromatic rings. The molecule has 28 heavy (non-hydrogen) atoms. The molecule has 0 radical (unpaired) electrons. The number of aromatic nitrogens is 2. The van der Waals surface area contributed by atoms with Gasteiger partial charge < -0.3 is 15.4 Å². The first-order valence-corrected chi connectivity index (χ1v) is 9.74. The normalized spacial score (nSPS) is 11.3. The van der Waals surface area contributed by atoms with E-state index >= 15 is 0 Å². The molecule has 0 aliphatic carbocycles. The van der Waals surface area contributed by atoms with Gasteiger partial charge in [-0.1, -0.05) is 6.07 Å². The molecular weight excluding hydrogens is 377 g/mol. The molecule has 2 N–H and O–H groups in total. The van der Waals surface area contributed by atoms with Crippen LogP contribution in [0.5, 0.6) is 11.5 Å². The van der Waals surface area contributed by atoms with Crippen LogP contribution >= 0.6 is 11.3 Å². The molecule has 0 unspecified atom stereocenters. The van der Waals surface area contributed by atoms with E-state index in [0.717, 1.165) is 29.2 Å². The number of thiazole rings is 1. The number of nitrogens with one attached hydrogen (secondary N) is 2. The van der Waals surface area contributed by atoms with Crippen LogP contribution in [-0.2, 0) is 13.0 Å². The smallest absolute Gasteiger partial charge is 0.191 e. The third kappa shape index (κ3) is 5.75. The third-order valence-electron chi connectivity index (χ3n) is 3.88. The van der Waals surface area contributed by atoms with Crippen molar-refractivity contribution in [1.29, 1.82) is 0 Å². The quantitative estimate of drug-likeness (QED) is 0.468. The van der Waals surface area contributed by atoms with E-state index in [1.165, 1.54) is 12.3 Å². The van der Waals surface area contributed by atoms with Crippen LogP contribution in [0.15, 0.2) is 53.1 Å². The molecule has 0 spiro atoms. The number of nitrogens with zero attached hydrogens (tertiary/aromatic N) is 3. The lowest BCUT2D eigenvalue weighted by atomic mass is 10.2. The Balaban J connectivity index is 1.49. The van der Waals surface area contributed by atoms with Crippen molar-refractivity contribution >= 4 is 17.3 Å². The molecule has 2 heterocycles. The van der Waals surface area contributed by atoms with Crippen molar-refractivity contribution in [3.05, 3.63) is 70.2 Å². The van der Waals surface area contributed by atoms with Gasteiger partial charge >= 0.3 is 0 Å². The largest absolute Gasteiger partial charge is 0.453 e. The molecule has 0 atom stereocenters. The summed E-state index contributed by atoms with van der Waals surface area (Å²) in [6.07, 6.45) is 3.99. The van der Waals surface area contributed by atoms with Gasteiger partial charge in [0.2, 0.25) is 0 Å². The standard InChI is InChI=1S/C20H22FN5OS/c1-14-26-16(13-28-14)7-9-24-20(22-2)25-11-15-5-6-19(18(21)10-15)27-17-4-3-8-23-12-17/h3-6,8,10,12-13H,7,9,11H2,1-2H3,(H2,22,24,25). The summed E-state index contributed by atoms with van der Waals surface area (Å²) in [6.45, 7) is 3.16. The van der Waals surface area contributed by atoms with Crippen LogP contribution in [0.1, 0.15) is 16.3 Å². The second-order valence-electron chi connectivity index (χ2n) is 6.02. The predicted molar refractivity (Wildman–Crippen MR) is 109 cm³/mol. The molecule has 6 nitrogen and oxygen atoms in total. The monoisotopic (exact) mass is 399 g/mol. The van der Waals surface area contributed by atoms with Crippen LogP contribution in [0.4, 0.5) is 4.39 Å². The topological polar surface area (TPSA) is 71.4 Å². The van der Waals surface area contributed by atoms with Crippen molar-refractivity contribution in [2.75, 3.05) is 13.6 Å². The molecular formula is C20H22FN5OS. The second kappa shape index (κ2) is 9.80. The Bertz CT molecular complexity index is 929. The number of rotatable bonds is 7. The fourth-order valence-electron chi connectivity index (χ4n) is 2.51. The number of aliphatic imine (C=N–C) groups is 1. The maximum Gasteiger partial charge on any atom is 0.191 e. The van der Waals surface area contributed by atoms with Crippen LogP contribution in [0.3, 0.4) is 0 Å². The van der Waals surface area contributed by atoms with Crippen molar-refractivity contribution in [2.45, 2.75) is 19.9 Å². The highest BCUT2D eigenvalue weighted by Gasteiger charge is 2.07. The molecule has 8 heteroatoms. The number of guanidine groups is 1. The Morgan fingerprint density at radius 2 is 2.18 bits per heavy atom. The van der Waals surface area contributed by atoms with Crippen molar-refractivity contribution in [3.8, 4) is 11.5 Å². The summed E-state index contributed by atoms with van der Waals surface area (Å²) in [5.74, 6) is 0.887. The number of ether oxygens (including phenoxy) is 1. The Labute approximate surface area is 167 Å². The number of pyridine rings is 1. The fraction of sp³-hybridized carbons (Fsp3) is 0.250. The van der Waals surface area contributed by atoms with Gasteiger partial charge in [0.15, 0.2) is 17.5 Å². The molecule has 146 valence electrons. The van der Waals surface area contributed by atoms with E-state index in [0.29, 0.717) is 18.3 Å². The minimum Gasteiger partial charge on any atom is -0.453 e. The molecule has 0 saturated heterocycles. The van der Waals surface area contributed by atoms with Gasteiger partial charge in [0.25, 0.3) is 0 Å². The first kappa shape index (κ1) is 19.8. The highest BCUT2D eigenvalue weighted by Crippen LogP contribution is 2.24. The van der Waals surface area contributed by atoms with Crippen molar-refractivity contribution < 1.29 is 9.13 Å². The number of aryl methyl sites for hydroxylation is 1. The lowest BCUT2D eigenvalue weighted by molar-refractivity contribution is 0.440. The molecule has 0 amide bonds. The van der Waals surface area contributed by atoms with E-state index in [-0.39, 0.29) is 5.75 Å². The van der Waals surface area contributed by atoms with Crippen molar-refractivity contribution in [2.24, 2.45) is 4.99 Å². The first-order valence-electron chi connectivity index (χ1n) is 8.86. The molecule has 3 rings (SSSR count). The molecule has 2 aromatic heterocycles. The van der Waals surface area contributed by atoms with Gasteiger partial charge in [-0.05, 0) is 36.8 Å². The second-order valence-corrected chi connectivity index (χ2v) is 7.08. The Kier molecular flexibility index (Phi) is 6.91. The average Bonchev–Trinajstić information content (AvgIpc) is 3.12. The summed E-state index contributed by atoms with van der Waals surface area (Å²) in [5, 5.41) is 9.54. The summed E-state index contributed by atoms with van der Waals surface area (Å²) in [4.78, 5) is 12.6. The maximum atomic E-state index is 14.3. The average molecular weight is 399 g/mol. The Hall–Kier alpha value is -3.00. The minimum atomic E-state index is -0.426. The van der Waals surface area contributed by atoms with Crippen LogP contribution in [0.2, 0.25) is 0 Å². The number of hydrogen-bond acceptors (Lipinski definition) is 5.